The minimum Gasteiger partial charge on any atom is -0.324 e. The van der Waals surface area contributed by atoms with Crippen molar-refractivity contribution in [1.82, 2.24) is 5.32 Å². The molecule has 0 amide bonds. The van der Waals surface area contributed by atoms with E-state index >= 15 is 0 Å². The van der Waals surface area contributed by atoms with Gasteiger partial charge in [-0.25, -0.2) is 0 Å². The molecule has 3 N–H and O–H groups in total. The van der Waals surface area contributed by atoms with Crippen LogP contribution in [0.1, 0.15) is 30.0 Å². The predicted octanol–water partition coefficient (Wildman–Crippen LogP) is 3.13. The number of nitrogens with one attached hydrogen (secondary N) is 1. The molecule has 6 heteroatoms. The lowest BCUT2D eigenvalue weighted by Crippen LogP contribution is -2.33. The van der Waals surface area contributed by atoms with Gasteiger partial charge in [-0.15, -0.1) is 12.4 Å². The van der Waals surface area contributed by atoms with Gasteiger partial charge < -0.3 is 11.1 Å². The number of benzene rings is 1. The van der Waals surface area contributed by atoms with E-state index in [1.807, 2.05) is 0 Å². The fourth-order valence-electron chi connectivity index (χ4n) is 2.40. The minimum atomic E-state index is -4.30. The molecule has 1 fully saturated rings. The van der Waals surface area contributed by atoms with E-state index in [9.17, 15) is 13.2 Å². The summed E-state index contributed by atoms with van der Waals surface area (Å²) in [5, 5.41) is 3.22. The molecule has 1 aromatic carbocycles. The van der Waals surface area contributed by atoms with Crippen LogP contribution in [-0.2, 0) is 6.18 Å². The van der Waals surface area contributed by atoms with E-state index in [1.165, 1.54) is 12.1 Å². The van der Waals surface area contributed by atoms with Gasteiger partial charge in [0.2, 0.25) is 0 Å². The van der Waals surface area contributed by atoms with Gasteiger partial charge in [0.05, 0.1) is 5.56 Å². The molecular weight excluding hydrogens is 277 g/mol. The zero-order valence-electron chi connectivity index (χ0n) is 10.4. The van der Waals surface area contributed by atoms with Crippen molar-refractivity contribution < 1.29 is 13.2 Å². The fourth-order valence-corrected chi connectivity index (χ4v) is 2.40. The monoisotopic (exact) mass is 294 g/mol. The summed E-state index contributed by atoms with van der Waals surface area (Å²) in [5.41, 5.74) is 6.05. The maximum Gasteiger partial charge on any atom is 0.416 e. The quantitative estimate of drug-likeness (QED) is 0.879. The lowest BCUT2D eigenvalue weighted by molar-refractivity contribution is -0.137. The van der Waals surface area contributed by atoms with Crippen LogP contribution in [0.15, 0.2) is 24.3 Å². The van der Waals surface area contributed by atoms with Crippen LogP contribution in [0.25, 0.3) is 0 Å². The minimum absolute atomic E-state index is 0. The van der Waals surface area contributed by atoms with Crippen LogP contribution < -0.4 is 11.1 Å². The number of halogens is 4. The average Bonchev–Trinajstić information content (AvgIpc) is 2.38. The molecule has 2 nitrogen and oxygen atoms in total. The van der Waals surface area contributed by atoms with Crippen molar-refractivity contribution in [3.05, 3.63) is 35.4 Å². The van der Waals surface area contributed by atoms with Gasteiger partial charge in [-0.2, -0.15) is 13.2 Å². The Morgan fingerprint density at radius 1 is 1.21 bits per heavy atom. The summed E-state index contributed by atoms with van der Waals surface area (Å²) in [6, 6.07) is 5.06. The van der Waals surface area contributed by atoms with Crippen LogP contribution in [0.2, 0.25) is 0 Å². The normalized spacial score (nSPS) is 18.7. The molecule has 0 radical (unpaired) electrons. The van der Waals surface area contributed by atoms with Gasteiger partial charge in [-0.1, -0.05) is 12.1 Å². The third-order valence-electron chi connectivity index (χ3n) is 3.49. The third kappa shape index (κ3) is 4.09. The topological polar surface area (TPSA) is 38.0 Å². The highest BCUT2D eigenvalue weighted by atomic mass is 35.5. The largest absolute Gasteiger partial charge is 0.416 e. The van der Waals surface area contributed by atoms with Gasteiger partial charge in [0.15, 0.2) is 0 Å². The number of hydrogen-bond acceptors (Lipinski definition) is 2. The summed E-state index contributed by atoms with van der Waals surface area (Å²) in [6.07, 6.45) is -2.47. The number of nitrogens with two attached hydrogens (primary N) is 1. The van der Waals surface area contributed by atoms with Crippen molar-refractivity contribution in [2.75, 3.05) is 13.1 Å². The highest BCUT2D eigenvalue weighted by molar-refractivity contribution is 5.85. The molecule has 0 unspecified atom stereocenters. The van der Waals surface area contributed by atoms with E-state index in [0.29, 0.717) is 5.56 Å². The van der Waals surface area contributed by atoms with Gasteiger partial charge in [0.25, 0.3) is 0 Å². The first kappa shape index (κ1) is 16.3. The zero-order chi connectivity index (χ0) is 13.2. The van der Waals surface area contributed by atoms with E-state index in [4.69, 9.17) is 5.73 Å². The van der Waals surface area contributed by atoms with E-state index in [1.54, 1.807) is 6.07 Å². The molecule has 0 bridgehead atoms. The number of alkyl halides is 3. The van der Waals surface area contributed by atoms with Crippen LogP contribution in [-0.4, -0.2) is 13.1 Å². The maximum absolute atomic E-state index is 12.6. The molecule has 108 valence electrons. The Morgan fingerprint density at radius 3 is 2.42 bits per heavy atom. The fraction of sp³-hybridized carbons (Fsp3) is 0.538. The van der Waals surface area contributed by atoms with Crippen molar-refractivity contribution in [3.8, 4) is 0 Å². The summed E-state index contributed by atoms with van der Waals surface area (Å²) in [7, 11) is 0. The molecule has 0 aromatic heterocycles. The molecule has 1 heterocycles. The van der Waals surface area contributed by atoms with Crippen LogP contribution in [0, 0.1) is 5.92 Å². The van der Waals surface area contributed by atoms with Gasteiger partial charge in [0.1, 0.15) is 0 Å². The van der Waals surface area contributed by atoms with Gasteiger partial charge in [0, 0.05) is 6.04 Å². The third-order valence-corrected chi connectivity index (χ3v) is 3.49. The maximum atomic E-state index is 12.6. The molecule has 2 rings (SSSR count). The molecule has 0 aliphatic carbocycles. The summed E-state index contributed by atoms with van der Waals surface area (Å²) in [4.78, 5) is 0. The molecule has 0 saturated carbocycles. The molecule has 1 aliphatic rings. The standard InChI is InChI=1S/C13H17F3N2.ClH/c14-13(15,16)11-3-1-2-10(8-11)12(17)9-4-6-18-7-5-9;/h1-3,8-9,12,18H,4-7,17H2;1H/t12-;/m1./s1. The van der Waals surface area contributed by atoms with Gasteiger partial charge in [-0.3, -0.25) is 0 Å². The molecule has 0 spiro atoms. The van der Waals surface area contributed by atoms with E-state index < -0.39 is 11.7 Å². The second-order valence-electron chi connectivity index (χ2n) is 4.74. The van der Waals surface area contributed by atoms with E-state index in [-0.39, 0.29) is 24.4 Å². The van der Waals surface area contributed by atoms with Crippen molar-refractivity contribution >= 4 is 12.4 Å². The van der Waals surface area contributed by atoms with E-state index in [0.717, 1.165) is 32.0 Å². The predicted molar refractivity (Wildman–Crippen MR) is 71.2 cm³/mol. The molecule has 19 heavy (non-hydrogen) atoms. The Kier molecular flexibility index (Phi) is 5.64. The first-order valence-electron chi connectivity index (χ1n) is 6.12. The molecule has 1 aromatic rings. The van der Waals surface area contributed by atoms with E-state index in [2.05, 4.69) is 5.32 Å². The summed E-state index contributed by atoms with van der Waals surface area (Å²) in [5.74, 6) is 0.259. The second kappa shape index (κ2) is 6.59. The van der Waals surface area contributed by atoms with Gasteiger partial charge >= 0.3 is 6.18 Å². The summed E-state index contributed by atoms with van der Waals surface area (Å²) in [6.45, 7) is 1.77. The van der Waals surface area contributed by atoms with Crippen molar-refractivity contribution in [2.24, 2.45) is 11.7 Å². The van der Waals surface area contributed by atoms with Crippen molar-refractivity contribution in [3.63, 3.8) is 0 Å². The Morgan fingerprint density at radius 2 is 1.84 bits per heavy atom. The van der Waals surface area contributed by atoms with Crippen LogP contribution in [0.4, 0.5) is 13.2 Å². The molecule has 1 saturated heterocycles. The van der Waals surface area contributed by atoms with Crippen LogP contribution in [0.3, 0.4) is 0 Å². The summed E-state index contributed by atoms with van der Waals surface area (Å²) < 4.78 is 37.9. The molecule has 1 atom stereocenters. The second-order valence-corrected chi connectivity index (χ2v) is 4.74. The highest BCUT2D eigenvalue weighted by Crippen LogP contribution is 2.33. The Hall–Kier alpha value is -0.780. The molecular formula is C13H18ClF3N2. The zero-order valence-corrected chi connectivity index (χ0v) is 11.2. The van der Waals surface area contributed by atoms with Crippen molar-refractivity contribution in [2.45, 2.75) is 25.1 Å². The van der Waals surface area contributed by atoms with Crippen LogP contribution in [0.5, 0.6) is 0 Å². The lowest BCUT2D eigenvalue weighted by Gasteiger charge is -2.28. The Bertz CT molecular complexity index is 403. The lowest BCUT2D eigenvalue weighted by atomic mass is 9.86. The average molecular weight is 295 g/mol. The smallest absolute Gasteiger partial charge is 0.324 e. The number of rotatable bonds is 2. The number of hydrogen-bond donors (Lipinski definition) is 2. The number of piperidine rings is 1. The Labute approximate surface area is 117 Å². The van der Waals surface area contributed by atoms with Crippen molar-refractivity contribution in [1.29, 1.82) is 0 Å². The highest BCUT2D eigenvalue weighted by Gasteiger charge is 2.31. The van der Waals surface area contributed by atoms with Crippen LogP contribution >= 0.6 is 12.4 Å². The molecule has 1 aliphatic heterocycles. The first-order valence-corrected chi connectivity index (χ1v) is 6.12. The van der Waals surface area contributed by atoms with Gasteiger partial charge in [-0.05, 0) is 49.5 Å². The Balaban J connectivity index is 0.00000180. The summed E-state index contributed by atoms with van der Waals surface area (Å²) >= 11 is 0. The SMILES string of the molecule is Cl.N[C@@H](c1cccc(C(F)(F)F)c1)C1CCNCC1. The first-order chi connectivity index (χ1) is 8.48.